The molecule has 0 aromatic heterocycles. The lowest BCUT2D eigenvalue weighted by Gasteiger charge is -2.28. The summed E-state index contributed by atoms with van der Waals surface area (Å²) in [7, 11) is 2.07. The van der Waals surface area contributed by atoms with E-state index in [9.17, 15) is 0 Å². The highest BCUT2D eigenvalue weighted by Gasteiger charge is 2.20. The molecule has 0 saturated heterocycles. The Morgan fingerprint density at radius 1 is 1.15 bits per heavy atom. The molecule has 0 fully saturated rings. The first kappa shape index (κ1) is 17.7. The SMILES string of the molecule is CNC(CC(C)CC(C)(C)C)c1cc(C)c(Br)cc1C. The van der Waals surface area contributed by atoms with E-state index < -0.39 is 0 Å². The minimum atomic E-state index is 0.405. The van der Waals surface area contributed by atoms with Crippen molar-refractivity contribution in [1.82, 2.24) is 5.32 Å². The van der Waals surface area contributed by atoms with Gasteiger partial charge in [-0.15, -0.1) is 0 Å². The van der Waals surface area contributed by atoms with Crippen LogP contribution in [0.25, 0.3) is 0 Å². The minimum absolute atomic E-state index is 0.405. The van der Waals surface area contributed by atoms with Crippen LogP contribution in [0.1, 0.15) is 63.3 Å². The number of benzene rings is 1. The molecule has 0 saturated carbocycles. The van der Waals surface area contributed by atoms with Gasteiger partial charge in [0.2, 0.25) is 0 Å². The highest BCUT2D eigenvalue weighted by Crippen LogP contribution is 2.33. The first-order chi connectivity index (χ1) is 9.14. The summed E-state index contributed by atoms with van der Waals surface area (Å²) >= 11 is 3.62. The largest absolute Gasteiger partial charge is 0.313 e. The second-order valence-corrected chi connectivity index (χ2v) is 8.26. The molecule has 0 spiro atoms. The summed E-state index contributed by atoms with van der Waals surface area (Å²) < 4.78 is 1.20. The Balaban J connectivity index is 2.89. The number of aryl methyl sites for hydroxylation is 2. The molecule has 0 aliphatic carbocycles. The van der Waals surface area contributed by atoms with Crippen molar-refractivity contribution >= 4 is 15.9 Å². The van der Waals surface area contributed by atoms with Crippen LogP contribution in [0.2, 0.25) is 0 Å². The normalized spacial score (nSPS) is 15.2. The smallest absolute Gasteiger partial charge is 0.0322 e. The Hall–Kier alpha value is -0.340. The highest BCUT2D eigenvalue weighted by atomic mass is 79.9. The van der Waals surface area contributed by atoms with Gasteiger partial charge in [0.1, 0.15) is 0 Å². The fourth-order valence-corrected chi connectivity index (χ4v) is 3.57. The van der Waals surface area contributed by atoms with Gasteiger partial charge in [0.15, 0.2) is 0 Å². The lowest BCUT2D eigenvalue weighted by atomic mass is 9.81. The summed E-state index contributed by atoms with van der Waals surface area (Å²) in [5.41, 5.74) is 4.52. The fraction of sp³-hybridized carbons (Fsp3) is 0.667. The van der Waals surface area contributed by atoms with Crippen LogP contribution in [0, 0.1) is 25.2 Å². The molecule has 1 aromatic carbocycles. The summed E-state index contributed by atoms with van der Waals surface area (Å²) in [5.74, 6) is 0.718. The van der Waals surface area contributed by atoms with E-state index in [1.165, 1.54) is 34.0 Å². The topological polar surface area (TPSA) is 12.0 Å². The van der Waals surface area contributed by atoms with Crippen molar-refractivity contribution in [2.45, 2.75) is 60.4 Å². The van der Waals surface area contributed by atoms with Gasteiger partial charge in [0.05, 0.1) is 0 Å². The van der Waals surface area contributed by atoms with Gasteiger partial charge in [-0.1, -0.05) is 49.7 Å². The van der Waals surface area contributed by atoms with Crippen molar-refractivity contribution in [2.75, 3.05) is 7.05 Å². The van der Waals surface area contributed by atoms with Gasteiger partial charge in [-0.3, -0.25) is 0 Å². The lowest BCUT2D eigenvalue weighted by molar-refractivity contribution is 0.279. The Labute approximate surface area is 133 Å². The molecule has 1 aromatic rings. The minimum Gasteiger partial charge on any atom is -0.313 e. The van der Waals surface area contributed by atoms with E-state index in [2.05, 4.69) is 82.0 Å². The maximum atomic E-state index is 3.62. The van der Waals surface area contributed by atoms with Crippen molar-refractivity contribution in [1.29, 1.82) is 0 Å². The van der Waals surface area contributed by atoms with E-state index in [0.717, 1.165) is 5.92 Å². The van der Waals surface area contributed by atoms with E-state index in [0.29, 0.717) is 11.5 Å². The Kier molecular flexibility index (Phi) is 6.27. The average molecular weight is 340 g/mol. The quantitative estimate of drug-likeness (QED) is 0.715. The molecule has 1 nitrogen and oxygen atoms in total. The molecule has 114 valence electrons. The molecular formula is C18H30BrN. The number of nitrogens with one attached hydrogen (secondary N) is 1. The predicted octanol–water partition coefficient (Wildman–Crippen LogP) is 5.79. The lowest BCUT2D eigenvalue weighted by Crippen LogP contribution is -2.22. The molecule has 2 heteroatoms. The molecule has 20 heavy (non-hydrogen) atoms. The predicted molar refractivity (Wildman–Crippen MR) is 93.3 cm³/mol. The monoisotopic (exact) mass is 339 g/mol. The van der Waals surface area contributed by atoms with Crippen molar-refractivity contribution < 1.29 is 0 Å². The van der Waals surface area contributed by atoms with Gasteiger partial charge in [-0.05, 0) is 67.8 Å². The molecule has 0 aliphatic rings. The molecule has 1 rings (SSSR count). The van der Waals surface area contributed by atoms with E-state index in [1.807, 2.05) is 0 Å². The van der Waals surface area contributed by atoms with Gasteiger partial charge in [0.25, 0.3) is 0 Å². The van der Waals surface area contributed by atoms with Gasteiger partial charge in [0, 0.05) is 10.5 Å². The van der Waals surface area contributed by atoms with E-state index in [4.69, 9.17) is 0 Å². The second kappa shape index (κ2) is 7.09. The first-order valence-electron chi connectivity index (χ1n) is 7.58. The average Bonchev–Trinajstić information content (AvgIpc) is 2.29. The number of hydrogen-bond acceptors (Lipinski definition) is 1. The van der Waals surface area contributed by atoms with E-state index in [-0.39, 0.29) is 0 Å². The van der Waals surface area contributed by atoms with Crippen LogP contribution in [-0.2, 0) is 0 Å². The molecule has 0 aliphatic heterocycles. The van der Waals surface area contributed by atoms with Crippen molar-refractivity contribution in [2.24, 2.45) is 11.3 Å². The van der Waals surface area contributed by atoms with Crippen LogP contribution in [0.15, 0.2) is 16.6 Å². The number of rotatable bonds is 5. The summed E-state index contributed by atoms with van der Waals surface area (Å²) in [4.78, 5) is 0. The van der Waals surface area contributed by atoms with Gasteiger partial charge < -0.3 is 5.32 Å². The third-order valence-corrected chi connectivity index (χ3v) is 4.72. The fourth-order valence-electron chi connectivity index (χ4n) is 3.11. The van der Waals surface area contributed by atoms with Crippen molar-refractivity contribution in [3.8, 4) is 0 Å². The van der Waals surface area contributed by atoms with E-state index >= 15 is 0 Å². The summed E-state index contributed by atoms with van der Waals surface area (Å²) in [6.45, 7) is 13.7. The maximum Gasteiger partial charge on any atom is 0.0322 e. The molecule has 0 bridgehead atoms. The Bertz CT molecular complexity index is 445. The Morgan fingerprint density at radius 2 is 1.75 bits per heavy atom. The third kappa shape index (κ3) is 5.21. The van der Waals surface area contributed by atoms with Gasteiger partial charge >= 0.3 is 0 Å². The summed E-state index contributed by atoms with van der Waals surface area (Å²) in [5, 5.41) is 3.51. The summed E-state index contributed by atoms with van der Waals surface area (Å²) in [6.07, 6.45) is 2.45. The Morgan fingerprint density at radius 3 is 2.25 bits per heavy atom. The zero-order valence-electron chi connectivity index (χ0n) is 14.1. The summed E-state index contributed by atoms with van der Waals surface area (Å²) in [6, 6.07) is 5.01. The van der Waals surface area contributed by atoms with Crippen molar-refractivity contribution in [3.63, 3.8) is 0 Å². The molecule has 0 heterocycles. The van der Waals surface area contributed by atoms with Crippen LogP contribution in [0.3, 0.4) is 0 Å². The molecule has 0 radical (unpaired) electrons. The molecule has 2 unspecified atom stereocenters. The standard InChI is InChI=1S/C18H30BrN/c1-12(11-18(4,5)6)8-17(20-7)15-9-14(3)16(19)10-13(15)2/h9-10,12,17,20H,8,11H2,1-7H3. The van der Waals surface area contributed by atoms with Gasteiger partial charge in [-0.2, -0.15) is 0 Å². The highest BCUT2D eigenvalue weighted by molar-refractivity contribution is 9.10. The van der Waals surface area contributed by atoms with Crippen LogP contribution < -0.4 is 5.32 Å². The molecule has 0 amide bonds. The van der Waals surface area contributed by atoms with Crippen LogP contribution >= 0.6 is 15.9 Å². The first-order valence-corrected chi connectivity index (χ1v) is 8.37. The molecule has 2 atom stereocenters. The molecular weight excluding hydrogens is 310 g/mol. The zero-order valence-corrected chi connectivity index (χ0v) is 15.7. The van der Waals surface area contributed by atoms with Crippen LogP contribution in [0.4, 0.5) is 0 Å². The zero-order chi connectivity index (χ0) is 15.5. The molecule has 1 N–H and O–H groups in total. The van der Waals surface area contributed by atoms with Gasteiger partial charge in [-0.25, -0.2) is 0 Å². The van der Waals surface area contributed by atoms with E-state index in [1.54, 1.807) is 0 Å². The number of halogens is 1. The number of hydrogen-bond donors (Lipinski definition) is 1. The van der Waals surface area contributed by atoms with Crippen LogP contribution in [-0.4, -0.2) is 7.05 Å². The van der Waals surface area contributed by atoms with Crippen LogP contribution in [0.5, 0.6) is 0 Å². The van der Waals surface area contributed by atoms with Crippen molar-refractivity contribution in [3.05, 3.63) is 33.3 Å². The third-order valence-electron chi connectivity index (χ3n) is 3.87. The second-order valence-electron chi connectivity index (χ2n) is 7.40. The maximum absolute atomic E-state index is 3.62.